The molecule has 2 amide bonds. The van der Waals surface area contributed by atoms with E-state index >= 15 is 0 Å². The number of fused-ring (bicyclic) bond motifs is 3. The summed E-state index contributed by atoms with van der Waals surface area (Å²) in [4.78, 5) is 25.0. The summed E-state index contributed by atoms with van der Waals surface area (Å²) >= 11 is 3.21. The molecule has 2 heterocycles. The predicted octanol–water partition coefficient (Wildman–Crippen LogP) is 4.55. The number of carbonyl (C=O) groups excluding carboxylic acids is 2. The van der Waals surface area contributed by atoms with Crippen LogP contribution in [0.15, 0.2) is 60.7 Å². The second-order valence-corrected chi connectivity index (χ2v) is 8.31. The van der Waals surface area contributed by atoms with Crippen LogP contribution in [0.4, 0.5) is 0 Å². The topological polar surface area (TPSA) is 58.2 Å². The molecule has 0 bridgehead atoms. The molecule has 0 saturated carbocycles. The van der Waals surface area contributed by atoms with Crippen LogP contribution < -0.4 is 10.6 Å². The highest BCUT2D eigenvalue weighted by Crippen LogP contribution is 2.39. The molecule has 0 radical (unpaired) electrons. The minimum Gasteiger partial charge on any atom is -0.352 e. The van der Waals surface area contributed by atoms with Crippen LogP contribution in [-0.2, 0) is 11.3 Å². The van der Waals surface area contributed by atoms with Gasteiger partial charge in [-0.05, 0) is 17.7 Å². The van der Waals surface area contributed by atoms with Gasteiger partial charge in [-0.1, -0.05) is 48.5 Å². The molecule has 0 atom stereocenters. The maximum Gasteiger partial charge on any atom is 0.261 e. The molecule has 136 valence electrons. The van der Waals surface area contributed by atoms with Crippen molar-refractivity contribution in [3.05, 3.63) is 71.1 Å². The number of amides is 2. The number of hydrogen-bond donors (Lipinski definition) is 2. The zero-order chi connectivity index (χ0) is 18.6. The van der Waals surface area contributed by atoms with Gasteiger partial charge in [0, 0.05) is 34.3 Å². The Balaban J connectivity index is 1.30. The fourth-order valence-electron chi connectivity index (χ4n) is 2.87. The summed E-state index contributed by atoms with van der Waals surface area (Å²) < 4.78 is 3.52. The van der Waals surface area contributed by atoms with Crippen molar-refractivity contribution < 1.29 is 9.59 Å². The molecule has 0 aliphatic heterocycles. The van der Waals surface area contributed by atoms with E-state index in [-0.39, 0.29) is 18.2 Å². The summed E-state index contributed by atoms with van der Waals surface area (Å²) in [5.41, 5.74) is 1.06. The average molecular weight is 395 g/mol. The first-order valence-electron chi connectivity index (χ1n) is 8.70. The normalized spacial score (nSPS) is 11.0. The number of rotatable bonds is 6. The second kappa shape index (κ2) is 7.90. The minimum absolute atomic E-state index is 0.0719. The van der Waals surface area contributed by atoms with Crippen molar-refractivity contribution in [3.8, 4) is 0 Å². The van der Waals surface area contributed by atoms with Gasteiger partial charge in [0.15, 0.2) is 0 Å². The first-order valence-corrected chi connectivity index (χ1v) is 10.3. The summed E-state index contributed by atoms with van der Waals surface area (Å²) in [6, 6.07) is 19.9. The standard InChI is InChI=1S/C21H18N2O2S2/c24-19(23-13-14-6-2-1-3-7-14)10-11-22-21(25)18-12-17-20(27-18)15-8-4-5-9-16(15)26-17/h1-9,12H,10-11,13H2,(H,22,25)(H,23,24). The van der Waals surface area contributed by atoms with E-state index in [1.165, 1.54) is 21.4 Å². The van der Waals surface area contributed by atoms with E-state index in [2.05, 4.69) is 22.8 Å². The molecule has 0 aliphatic rings. The molecular weight excluding hydrogens is 376 g/mol. The largest absolute Gasteiger partial charge is 0.352 e. The van der Waals surface area contributed by atoms with Gasteiger partial charge in [-0.15, -0.1) is 22.7 Å². The van der Waals surface area contributed by atoms with E-state index in [1.807, 2.05) is 48.5 Å². The fraction of sp³-hybridized carbons (Fsp3) is 0.143. The molecular formula is C21H18N2O2S2. The van der Waals surface area contributed by atoms with Crippen LogP contribution in [0.2, 0.25) is 0 Å². The molecule has 4 nitrogen and oxygen atoms in total. The number of carbonyl (C=O) groups is 2. The van der Waals surface area contributed by atoms with Gasteiger partial charge in [-0.3, -0.25) is 9.59 Å². The SMILES string of the molecule is O=C(CCNC(=O)c1cc2sc3ccccc3c2s1)NCc1ccccc1. The van der Waals surface area contributed by atoms with Crippen LogP contribution in [0.3, 0.4) is 0 Å². The maximum absolute atomic E-state index is 12.4. The molecule has 0 fully saturated rings. The van der Waals surface area contributed by atoms with E-state index in [1.54, 1.807) is 11.3 Å². The summed E-state index contributed by atoms with van der Waals surface area (Å²) in [5.74, 6) is -0.194. The molecule has 0 saturated heterocycles. The van der Waals surface area contributed by atoms with Gasteiger partial charge in [0.05, 0.1) is 9.58 Å². The Morgan fingerprint density at radius 3 is 2.48 bits per heavy atom. The van der Waals surface area contributed by atoms with Gasteiger partial charge in [0.25, 0.3) is 5.91 Å². The van der Waals surface area contributed by atoms with Gasteiger partial charge >= 0.3 is 0 Å². The van der Waals surface area contributed by atoms with Gasteiger partial charge in [-0.2, -0.15) is 0 Å². The molecule has 6 heteroatoms. The van der Waals surface area contributed by atoms with Crippen molar-refractivity contribution in [3.63, 3.8) is 0 Å². The highest BCUT2D eigenvalue weighted by molar-refractivity contribution is 7.33. The Morgan fingerprint density at radius 1 is 0.852 bits per heavy atom. The molecule has 2 N–H and O–H groups in total. The molecule has 0 unspecified atom stereocenters. The van der Waals surface area contributed by atoms with Crippen molar-refractivity contribution in [2.45, 2.75) is 13.0 Å². The van der Waals surface area contributed by atoms with E-state index in [9.17, 15) is 9.59 Å². The van der Waals surface area contributed by atoms with Crippen molar-refractivity contribution in [1.82, 2.24) is 10.6 Å². The summed E-state index contributed by atoms with van der Waals surface area (Å²) in [6.45, 7) is 0.827. The van der Waals surface area contributed by atoms with Gasteiger partial charge < -0.3 is 10.6 Å². The Kier molecular flexibility index (Phi) is 5.18. The van der Waals surface area contributed by atoms with Crippen LogP contribution in [-0.4, -0.2) is 18.4 Å². The molecule has 4 rings (SSSR count). The molecule has 2 aromatic carbocycles. The van der Waals surface area contributed by atoms with Crippen molar-refractivity contribution in [2.24, 2.45) is 0 Å². The number of hydrogen-bond acceptors (Lipinski definition) is 4. The molecule has 27 heavy (non-hydrogen) atoms. The molecule has 0 spiro atoms. The van der Waals surface area contributed by atoms with Crippen LogP contribution in [0.5, 0.6) is 0 Å². The minimum atomic E-state index is -0.122. The lowest BCUT2D eigenvalue weighted by atomic mass is 10.2. The quantitative estimate of drug-likeness (QED) is 0.504. The monoisotopic (exact) mass is 394 g/mol. The van der Waals surface area contributed by atoms with E-state index in [4.69, 9.17) is 0 Å². The molecule has 2 aromatic heterocycles. The van der Waals surface area contributed by atoms with Crippen molar-refractivity contribution >= 4 is 54.0 Å². The summed E-state index contributed by atoms with van der Waals surface area (Å²) in [5, 5.41) is 6.90. The molecule has 0 aliphatic carbocycles. The Hall–Kier alpha value is -2.70. The average Bonchev–Trinajstić information content (AvgIpc) is 3.25. The summed E-state index contributed by atoms with van der Waals surface area (Å²) in [6.07, 6.45) is 0.265. The third kappa shape index (κ3) is 4.02. The van der Waals surface area contributed by atoms with Crippen molar-refractivity contribution in [1.29, 1.82) is 0 Å². The van der Waals surface area contributed by atoms with Crippen LogP contribution in [0.1, 0.15) is 21.7 Å². The van der Waals surface area contributed by atoms with Gasteiger partial charge in [-0.25, -0.2) is 0 Å². The lowest BCUT2D eigenvalue weighted by Gasteiger charge is -2.06. The zero-order valence-electron chi connectivity index (χ0n) is 14.5. The smallest absolute Gasteiger partial charge is 0.261 e. The van der Waals surface area contributed by atoms with E-state index < -0.39 is 0 Å². The Labute approximate surface area is 164 Å². The summed E-state index contributed by atoms with van der Waals surface area (Å²) in [7, 11) is 0. The highest BCUT2D eigenvalue weighted by atomic mass is 32.1. The van der Waals surface area contributed by atoms with E-state index in [0.29, 0.717) is 18.0 Å². The Bertz CT molecular complexity index is 1100. The first kappa shape index (κ1) is 17.7. The van der Waals surface area contributed by atoms with Gasteiger partial charge in [0.2, 0.25) is 5.91 Å². The van der Waals surface area contributed by atoms with Crippen LogP contribution in [0, 0.1) is 0 Å². The lowest BCUT2D eigenvalue weighted by molar-refractivity contribution is -0.121. The number of thiophene rings is 2. The van der Waals surface area contributed by atoms with Crippen LogP contribution >= 0.6 is 22.7 Å². The number of nitrogens with one attached hydrogen (secondary N) is 2. The first-order chi connectivity index (χ1) is 13.2. The Morgan fingerprint density at radius 2 is 1.63 bits per heavy atom. The van der Waals surface area contributed by atoms with E-state index in [0.717, 1.165) is 15.0 Å². The lowest BCUT2D eigenvalue weighted by Crippen LogP contribution is -2.30. The third-order valence-electron chi connectivity index (χ3n) is 4.24. The predicted molar refractivity (Wildman–Crippen MR) is 112 cm³/mol. The van der Waals surface area contributed by atoms with Crippen molar-refractivity contribution in [2.75, 3.05) is 6.54 Å². The highest BCUT2D eigenvalue weighted by Gasteiger charge is 2.14. The molecule has 4 aromatic rings. The van der Waals surface area contributed by atoms with Gasteiger partial charge in [0.1, 0.15) is 0 Å². The second-order valence-electron chi connectivity index (χ2n) is 6.17. The third-order valence-corrected chi connectivity index (χ3v) is 6.66. The fourth-order valence-corrected chi connectivity index (χ4v) is 5.31. The maximum atomic E-state index is 12.4. The zero-order valence-corrected chi connectivity index (χ0v) is 16.2. The van der Waals surface area contributed by atoms with Crippen LogP contribution in [0.25, 0.3) is 19.5 Å². The number of benzene rings is 2.